The van der Waals surface area contributed by atoms with E-state index in [-0.39, 0.29) is 56.4 Å². The maximum Gasteiger partial charge on any atom is 2.00 e. The second-order valence-electron chi connectivity index (χ2n) is 16.1. The summed E-state index contributed by atoms with van der Waals surface area (Å²) in [4.78, 5) is 91.2. The molecule has 0 aliphatic carbocycles. The van der Waals surface area contributed by atoms with Crippen LogP contribution in [0.15, 0.2) is 165 Å². The van der Waals surface area contributed by atoms with Gasteiger partial charge < -0.3 is 59.2 Å². The van der Waals surface area contributed by atoms with Gasteiger partial charge in [0.25, 0.3) is 0 Å². The van der Waals surface area contributed by atoms with Crippen molar-refractivity contribution in [3.05, 3.63) is 190 Å². The molecule has 0 aliphatic rings. The molecule has 0 saturated carbocycles. The van der Waals surface area contributed by atoms with E-state index in [9.17, 15) is 58.8 Å². The minimum atomic E-state index is -1.19. The van der Waals surface area contributed by atoms with Gasteiger partial charge in [0.15, 0.2) is 0 Å². The summed E-state index contributed by atoms with van der Waals surface area (Å²) in [6.45, 7) is 0. The summed E-state index contributed by atoms with van der Waals surface area (Å²) in [5.41, 5.74) is 5.00. The predicted octanol–water partition coefficient (Wildman–Crippen LogP) is 4.81. The number of benzene rings is 6. The molecule has 4 amide bonds. The van der Waals surface area contributed by atoms with Gasteiger partial charge in [0.1, 0.15) is 0 Å². The number of hydrogen-bond acceptors (Lipinski definition) is 16. The number of carboxylic acid groups (broad SMARTS) is 4. The van der Waals surface area contributed by atoms with Gasteiger partial charge in [-0.1, -0.05) is 121 Å². The Kier molecular flexibility index (Phi) is 40.1. The first-order chi connectivity index (χ1) is 36.2. The van der Waals surface area contributed by atoms with Crippen LogP contribution in [0.25, 0.3) is 0 Å². The van der Waals surface area contributed by atoms with Crippen LogP contribution in [-0.2, 0) is 76.3 Å². The van der Waals surface area contributed by atoms with E-state index in [0.717, 1.165) is 47.9 Å². The zero-order valence-electron chi connectivity index (χ0n) is 43.9. The monoisotopic (exact) mass is 1230 g/mol. The Morgan fingerprint density at radius 3 is 0.603 bits per heavy atom. The van der Waals surface area contributed by atoms with Gasteiger partial charge in [-0.15, -0.1) is 47.0 Å². The van der Waals surface area contributed by atoms with Crippen LogP contribution < -0.4 is 20.4 Å². The number of nitrogens with zero attached hydrogens (tertiary/aromatic N) is 4. The largest absolute Gasteiger partial charge is 2.00 e. The Hall–Kier alpha value is -6.48. The first-order valence-corrected chi connectivity index (χ1v) is 26.5. The van der Waals surface area contributed by atoms with Crippen LogP contribution in [0.2, 0.25) is 0 Å². The van der Waals surface area contributed by atoms with E-state index in [1.807, 2.05) is 48.5 Å². The number of aromatic carboxylic acids is 4. The normalized spacial score (nSPS) is 9.33. The summed E-state index contributed by atoms with van der Waals surface area (Å²) in [5, 5.41) is 45.1. The molecule has 16 nitrogen and oxygen atoms in total. The van der Waals surface area contributed by atoms with E-state index in [1.54, 1.807) is 129 Å². The van der Waals surface area contributed by atoms with Gasteiger partial charge >= 0.3 is 34.1 Å². The summed E-state index contributed by atoms with van der Waals surface area (Å²) in [6, 6.07) is 42.8. The van der Waals surface area contributed by atoms with Crippen molar-refractivity contribution in [1.82, 2.24) is 19.6 Å². The van der Waals surface area contributed by atoms with E-state index >= 15 is 0 Å². The second-order valence-corrected chi connectivity index (χ2v) is 20.2. The van der Waals surface area contributed by atoms with Crippen LogP contribution in [0.4, 0.5) is 0 Å². The van der Waals surface area contributed by atoms with Gasteiger partial charge in [-0.05, 0) is 46.5 Å². The molecule has 22 heteroatoms. The van der Waals surface area contributed by atoms with Crippen molar-refractivity contribution in [3.8, 4) is 0 Å². The quantitative estimate of drug-likeness (QED) is 0.0566. The van der Waals surface area contributed by atoms with Gasteiger partial charge in [-0.25, -0.2) is 0 Å². The summed E-state index contributed by atoms with van der Waals surface area (Å²) < 4.78 is 0. The van der Waals surface area contributed by atoms with Crippen LogP contribution in [-0.4, -0.2) is 125 Å². The molecule has 0 aliphatic heterocycles. The van der Waals surface area contributed by atoms with Gasteiger partial charge in [-0.2, -0.15) is 0 Å². The number of thioether (sulfide) groups is 4. The Bertz CT molecular complexity index is 2420. The third-order valence-electron chi connectivity index (χ3n) is 9.04. The molecule has 0 bridgehead atoms. The molecule has 0 heterocycles. The van der Waals surface area contributed by atoms with Crippen LogP contribution in [0.1, 0.15) is 63.7 Å². The van der Waals surface area contributed by atoms with Crippen molar-refractivity contribution >= 4 is 96.6 Å². The Morgan fingerprint density at radius 1 is 0.321 bits per heavy atom. The molecular weight excluding hydrogens is 1180 g/mol. The summed E-state index contributed by atoms with van der Waals surface area (Å²) in [6.07, 6.45) is 3.00. The average molecular weight is 1240 g/mol. The SMILES string of the molecule is CN(C)C=O.CN(C)C=O.CN(C)C=O.CN(C)C=O.O=C([O-])c1ccccc1SCc1ccccc1CSc1ccccc1C(=O)[O-].O=C([O-])c1ccccc1SCc1ccccc1CSc1ccccc1C(=O)[O-].[Cu+2].[Cu+2]. The topological polar surface area (TPSA) is 242 Å². The first-order valence-electron chi connectivity index (χ1n) is 22.5. The molecule has 0 unspecified atom stereocenters. The zero-order valence-corrected chi connectivity index (χ0v) is 49.1. The van der Waals surface area contributed by atoms with E-state index in [4.69, 9.17) is 0 Å². The van der Waals surface area contributed by atoms with Crippen molar-refractivity contribution in [2.24, 2.45) is 0 Å². The fraction of sp³-hybridized carbons (Fsp3) is 0.214. The Balaban J connectivity index is 0. The number of rotatable bonds is 20. The van der Waals surface area contributed by atoms with Crippen LogP contribution in [0, 0.1) is 0 Å². The van der Waals surface area contributed by atoms with Crippen molar-refractivity contribution in [1.29, 1.82) is 0 Å². The van der Waals surface area contributed by atoms with E-state index in [2.05, 4.69) is 0 Å². The fourth-order valence-electron chi connectivity index (χ4n) is 5.34. The predicted molar refractivity (Wildman–Crippen MR) is 293 cm³/mol. The van der Waals surface area contributed by atoms with E-state index < -0.39 is 23.9 Å². The number of amides is 4. The molecule has 0 spiro atoms. The Morgan fingerprint density at radius 2 is 0.462 bits per heavy atom. The van der Waals surface area contributed by atoms with Gasteiger partial charge in [0, 0.05) is 121 Å². The molecule has 6 aromatic rings. The number of carboxylic acids is 4. The minimum absolute atomic E-state index is 0. The molecule has 2 radical (unpaired) electrons. The smallest absolute Gasteiger partial charge is 0.545 e. The molecule has 0 saturated heterocycles. The van der Waals surface area contributed by atoms with Crippen molar-refractivity contribution in [2.45, 2.75) is 42.6 Å². The molecule has 6 aromatic carbocycles. The maximum atomic E-state index is 11.3. The van der Waals surface area contributed by atoms with Crippen LogP contribution >= 0.6 is 47.0 Å². The van der Waals surface area contributed by atoms with Crippen LogP contribution in [0.5, 0.6) is 0 Å². The standard InChI is InChI=1S/2C22H18O4S2.4C3H7NO.2Cu/c2*23-21(24)17-9-3-5-11-19(17)27-13-15-7-1-2-8-16(15)14-28-20-12-6-4-10-18(20)22(25)26;4*1-4(2)3-5;;/h2*1-12H,13-14H2,(H,23,24)(H,25,26);4*3H,1-2H3;;/q;;;;;;2*+2/p-4. The number of carbonyl (C=O) groups is 8. The summed E-state index contributed by atoms with van der Waals surface area (Å²) in [7, 11) is 13.5. The minimum Gasteiger partial charge on any atom is -0.545 e. The molecule has 0 N–H and O–H groups in total. The molecule has 6 rings (SSSR count). The fourth-order valence-corrected chi connectivity index (χ4v) is 9.64. The first kappa shape index (κ1) is 73.6. The van der Waals surface area contributed by atoms with E-state index in [0.29, 0.717) is 42.6 Å². The average Bonchev–Trinajstić information content (AvgIpc) is 3.42. The third-order valence-corrected chi connectivity index (χ3v) is 13.5. The Labute approximate surface area is 494 Å². The molecule has 0 atom stereocenters. The second kappa shape index (κ2) is 42.5. The van der Waals surface area contributed by atoms with Crippen molar-refractivity contribution in [3.63, 3.8) is 0 Å². The molecule has 0 aromatic heterocycles. The maximum absolute atomic E-state index is 11.3. The van der Waals surface area contributed by atoms with Crippen molar-refractivity contribution in [2.75, 3.05) is 56.4 Å². The van der Waals surface area contributed by atoms with Gasteiger partial charge in [0.05, 0.1) is 23.9 Å². The van der Waals surface area contributed by atoms with Gasteiger partial charge in [-0.3, -0.25) is 19.2 Å². The van der Waals surface area contributed by atoms with Crippen LogP contribution in [0.3, 0.4) is 0 Å². The van der Waals surface area contributed by atoms with E-state index in [1.165, 1.54) is 90.9 Å². The number of carbonyl (C=O) groups excluding carboxylic acids is 8. The van der Waals surface area contributed by atoms with Crippen molar-refractivity contribution < 1.29 is 92.9 Å². The molecule has 0 fully saturated rings. The summed E-state index contributed by atoms with van der Waals surface area (Å²) >= 11 is 5.75. The van der Waals surface area contributed by atoms with Gasteiger partial charge in [0.2, 0.25) is 25.6 Å². The molecule has 422 valence electrons. The summed E-state index contributed by atoms with van der Waals surface area (Å²) in [5.74, 6) is -2.35. The zero-order chi connectivity index (χ0) is 57.0. The molecule has 78 heavy (non-hydrogen) atoms. The third kappa shape index (κ3) is 30.5. The molecular formula is C56H60Cu2N4O12S4. The number of hydrogen-bond donors (Lipinski definition) is 0.